The first-order valence-electron chi connectivity index (χ1n) is 3.85. The molecule has 0 saturated heterocycles. The van der Waals surface area contributed by atoms with Gasteiger partial charge in [-0.3, -0.25) is 0 Å². The van der Waals surface area contributed by atoms with Gasteiger partial charge >= 0.3 is 0 Å². The Balaban J connectivity index is 2.41. The van der Waals surface area contributed by atoms with Gasteiger partial charge in [0.05, 0.1) is 6.61 Å². The number of aliphatic hydroxyl groups excluding tert-OH is 1. The molecule has 1 aromatic heterocycles. The van der Waals surface area contributed by atoms with Gasteiger partial charge in [-0.1, -0.05) is 0 Å². The largest absolute Gasteiger partial charge is 0.477 e. The summed E-state index contributed by atoms with van der Waals surface area (Å²) in [5.41, 5.74) is 0.879. The lowest BCUT2D eigenvalue weighted by molar-refractivity contribution is 0.229. The molecule has 0 radical (unpaired) electrons. The minimum atomic E-state index is 0.143. The Morgan fingerprint density at radius 2 is 2.33 bits per heavy atom. The minimum Gasteiger partial charge on any atom is -0.477 e. The van der Waals surface area contributed by atoms with Crippen molar-refractivity contribution in [1.82, 2.24) is 9.97 Å². The zero-order valence-corrected chi connectivity index (χ0v) is 7.03. The molecule has 0 unspecified atom stereocenters. The molecule has 1 rings (SSSR count). The number of nitrogens with zero attached hydrogens (tertiary/aromatic N) is 2. The summed E-state index contributed by atoms with van der Waals surface area (Å²) >= 11 is 0. The highest BCUT2D eigenvalue weighted by Gasteiger charge is 1.94. The van der Waals surface area contributed by atoms with Gasteiger partial charge in [-0.15, -0.1) is 0 Å². The molecule has 66 valence electrons. The first-order chi connectivity index (χ1) is 5.83. The number of aliphatic hydroxyl groups is 1. The summed E-state index contributed by atoms with van der Waals surface area (Å²) < 4.78 is 5.22. The van der Waals surface area contributed by atoms with Crippen LogP contribution in [0.25, 0.3) is 0 Å². The molecule has 12 heavy (non-hydrogen) atoms. The highest BCUT2D eigenvalue weighted by molar-refractivity contribution is 5.11. The van der Waals surface area contributed by atoms with Gasteiger partial charge in [-0.05, 0) is 6.92 Å². The van der Waals surface area contributed by atoms with Crippen molar-refractivity contribution in [2.75, 3.05) is 13.2 Å². The van der Waals surface area contributed by atoms with Crippen LogP contribution in [0, 0.1) is 6.92 Å². The van der Waals surface area contributed by atoms with Crippen LogP contribution in [0.3, 0.4) is 0 Å². The van der Waals surface area contributed by atoms with Gasteiger partial charge < -0.3 is 9.84 Å². The molecule has 0 bridgehead atoms. The molecular weight excluding hydrogens is 156 g/mol. The monoisotopic (exact) mass is 168 g/mol. The van der Waals surface area contributed by atoms with E-state index in [-0.39, 0.29) is 6.61 Å². The van der Waals surface area contributed by atoms with Crippen molar-refractivity contribution in [3.63, 3.8) is 0 Å². The normalized spacial score (nSPS) is 9.83. The molecule has 0 fully saturated rings. The molecule has 0 aromatic carbocycles. The van der Waals surface area contributed by atoms with Gasteiger partial charge in [-0.2, -0.15) is 0 Å². The second-order valence-electron chi connectivity index (χ2n) is 2.42. The van der Waals surface area contributed by atoms with E-state index in [2.05, 4.69) is 9.97 Å². The predicted molar refractivity (Wildman–Crippen MR) is 44.0 cm³/mol. The van der Waals surface area contributed by atoms with Crippen molar-refractivity contribution < 1.29 is 9.84 Å². The van der Waals surface area contributed by atoms with Crippen molar-refractivity contribution >= 4 is 0 Å². The summed E-state index contributed by atoms with van der Waals surface area (Å²) in [5.74, 6) is 0.566. The average Bonchev–Trinajstić information content (AvgIpc) is 2.05. The first kappa shape index (κ1) is 8.93. The summed E-state index contributed by atoms with van der Waals surface area (Å²) in [4.78, 5) is 7.82. The second kappa shape index (κ2) is 4.66. The van der Waals surface area contributed by atoms with Gasteiger partial charge in [0.2, 0.25) is 5.88 Å². The highest BCUT2D eigenvalue weighted by atomic mass is 16.5. The number of hydrogen-bond donors (Lipinski definition) is 1. The molecule has 0 aliphatic heterocycles. The topological polar surface area (TPSA) is 55.2 Å². The molecule has 0 amide bonds. The summed E-state index contributed by atoms with van der Waals surface area (Å²) in [6.07, 6.45) is 2.09. The van der Waals surface area contributed by atoms with Crippen LogP contribution in [0.1, 0.15) is 12.1 Å². The second-order valence-corrected chi connectivity index (χ2v) is 2.42. The van der Waals surface area contributed by atoms with Crippen molar-refractivity contribution in [3.8, 4) is 5.88 Å². The third-order valence-electron chi connectivity index (χ3n) is 1.33. The quantitative estimate of drug-likeness (QED) is 0.667. The molecule has 0 atom stereocenters. The van der Waals surface area contributed by atoms with Crippen molar-refractivity contribution in [1.29, 1.82) is 0 Å². The van der Waals surface area contributed by atoms with E-state index in [0.717, 1.165) is 5.69 Å². The van der Waals surface area contributed by atoms with Crippen LogP contribution in [-0.2, 0) is 0 Å². The fraction of sp³-hybridized carbons (Fsp3) is 0.500. The predicted octanol–water partition coefficient (Wildman–Crippen LogP) is 0.546. The number of ether oxygens (including phenoxy) is 1. The number of aryl methyl sites for hydroxylation is 1. The lowest BCUT2D eigenvalue weighted by atomic mass is 10.4. The molecule has 1 heterocycles. The average molecular weight is 168 g/mol. The van der Waals surface area contributed by atoms with Crippen LogP contribution in [0.15, 0.2) is 12.4 Å². The maximum atomic E-state index is 8.49. The fourth-order valence-electron chi connectivity index (χ4n) is 0.750. The number of aromatic nitrogens is 2. The van der Waals surface area contributed by atoms with E-state index in [1.165, 1.54) is 6.33 Å². The Morgan fingerprint density at radius 3 is 3.00 bits per heavy atom. The Morgan fingerprint density at radius 1 is 1.50 bits per heavy atom. The van der Waals surface area contributed by atoms with E-state index in [1.54, 1.807) is 6.07 Å². The summed E-state index contributed by atoms with van der Waals surface area (Å²) in [7, 11) is 0. The van der Waals surface area contributed by atoms with E-state index < -0.39 is 0 Å². The molecule has 0 saturated carbocycles. The Bertz CT molecular complexity index is 240. The Kier molecular flexibility index (Phi) is 3.47. The van der Waals surface area contributed by atoms with E-state index >= 15 is 0 Å². The molecular formula is C8H12N2O2. The number of rotatable bonds is 4. The lowest BCUT2D eigenvalue weighted by Crippen LogP contribution is -2.01. The molecule has 0 spiro atoms. The highest BCUT2D eigenvalue weighted by Crippen LogP contribution is 2.05. The third-order valence-corrected chi connectivity index (χ3v) is 1.33. The maximum absolute atomic E-state index is 8.49. The van der Waals surface area contributed by atoms with E-state index in [4.69, 9.17) is 9.84 Å². The van der Waals surface area contributed by atoms with Gasteiger partial charge in [0, 0.05) is 24.8 Å². The van der Waals surface area contributed by atoms with Crippen LogP contribution < -0.4 is 4.74 Å². The lowest BCUT2D eigenvalue weighted by Gasteiger charge is -2.02. The zero-order chi connectivity index (χ0) is 8.81. The molecule has 0 aliphatic carbocycles. The fourth-order valence-corrected chi connectivity index (χ4v) is 0.750. The van der Waals surface area contributed by atoms with Gasteiger partial charge in [-0.25, -0.2) is 9.97 Å². The zero-order valence-electron chi connectivity index (χ0n) is 7.03. The standard InChI is InChI=1S/C8H12N2O2/c1-7-5-8(10-6-9-7)12-4-2-3-11/h5-6,11H,2-4H2,1H3. The summed E-state index contributed by atoms with van der Waals surface area (Å²) in [6, 6.07) is 1.76. The first-order valence-corrected chi connectivity index (χ1v) is 3.85. The van der Waals surface area contributed by atoms with Crippen LogP contribution in [0.2, 0.25) is 0 Å². The molecule has 0 aliphatic rings. The maximum Gasteiger partial charge on any atom is 0.216 e. The van der Waals surface area contributed by atoms with Crippen LogP contribution in [-0.4, -0.2) is 28.3 Å². The van der Waals surface area contributed by atoms with Crippen molar-refractivity contribution in [2.45, 2.75) is 13.3 Å². The third kappa shape index (κ3) is 2.84. The van der Waals surface area contributed by atoms with Crippen molar-refractivity contribution in [3.05, 3.63) is 18.1 Å². The Hall–Kier alpha value is -1.16. The van der Waals surface area contributed by atoms with Crippen LogP contribution in [0.5, 0.6) is 5.88 Å². The van der Waals surface area contributed by atoms with Crippen molar-refractivity contribution in [2.24, 2.45) is 0 Å². The molecule has 1 aromatic rings. The Labute approximate surface area is 71.2 Å². The summed E-state index contributed by atoms with van der Waals surface area (Å²) in [6.45, 7) is 2.51. The van der Waals surface area contributed by atoms with E-state index in [9.17, 15) is 0 Å². The van der Waals surface area contributed by atoms with Gasteiger partial charge in [0.25, 0.3) is 0 Å². The minimum absolute atomic E-state index is 0.143. The summed E-state index contributed by atoms with van der Waals surface area (Å²) in [5, 5.41) is 8.49. The SMILES string of the molecule is Cc1cc(OCCCO)ncn1. The van der Waals surface area contributed by atoms with Gasteiger partial charge in [0.1, 0.15) is 6.33 Å². The molecule has 4 heteroatoms. The molecule has 1 N–H and O–H groups in total. The van der Waals surface area contributed by atoms with Crippen LogP contribution >= 0.6 is 0 Å². The van der Waals surface area contributed by atoms with E-state index in [0.29, 0.717) is 18.9 Å². The van der Waals surface area contributed by atoms with E-state index in [1.807, 2.05) is 6.92 Å². The van der Waals surface area contributed by atoms with Gasteiger partial charge in [0.15, 0.2) is 0 Å². The molecule has 4 nitrogen and oxygen atoms in total. The van der Waals surface area contributed by atoms with Crippen LogP contribution in [0.4, 0.5) is 0 Å². The smallest absolute Gasteiger partial charge is 0.216 e. The number of hydrogen-bond acceptors (Lipinski definition) is 4.